The van der Waals surface area contributed by atoms with Gasteiger partial charge < -0.3 is 10.1 Å². The van der Waals surface area contributed by atoms with Gasteiger partial charge in [0.2, 0.25) is 0 Å². The van der Waals surface area contributed by atoms with E-state index in [9.17, 15) is 14.4 Å². The minimum atomic E-state index is -0.518. The molecule has 2 aromatic rings. The molecule has 0 radical (unpaired) electrons. The van der Waals surface area contributed by atoms with Gasteiger partial charge in [-0.25, -0.2) is 4.79 Å². The van der Waals surface area contributed by atoms with Gasteiger partial charge in [-0.1, -0.05) is 42.5 Å². The highest BCUT2D eigenvalue weighted by Gasteiger charge is 2.36. The van der Waals surface area contributed by atoms with E-state index in [1.54, 1.807) is 31.2 Å². The Hall–Kier alpha value is -3.15. The Bertz CT molecular complexity index is 785. The quantitative estimate of drug-likeness (QED) is 0.811. The number of imide groups is 1. The van der Waals surface area contributed by atoms with Crippen molar-refractivity contribution in [3.05, 3.63) is 71.3 Å². The van der Waals surface area contributed by atoms with E-state index in [1.807, 2.05) is 30.3 Å². The molecule has 1 N–H and O–H groups in total. The van der Waals surface area contributed by atoms with Gasteiger partial charge in [-0.05, 0) is 24.6 Å². The number of rotatable bonds is 6. The van der Waals surface area contributed by atoms with E-state index < -0.39 is 6.09 Å². The molecule has 6 nitrogen and oxygen atoms in total. The summed E-state index contributed by atoms with van der Waals surface area (Å²) in [6, 6.07) is 16.3. The fourth-order valence-corrected chi connectivity index (χ4v) is 3.03. The lowest BCUT2D eigenvalue weighted by molar-refractivity contribution is 0.0644. The molecule has 26 heavy (non-hydrogen) atoms. The lowest BCUT2D eigenvalue weighted by Crippen LogP contribution is -2.38. The monoisotopic (exact) mass is 352 g/mol. The number of hydrogen-bond donors (Lipinski definition) is 1. The fraction of sp³-hybridized carbons (Fsp3) is 0.250. The van der Waals surface area contributed by atoms with Crippen molar-refractivity contribution in [1.29, 1.82) is 0 Å². The van der Waals surface area contributed by atoms with Crippen LogP contribution in [-0.2, 0) is 4.74 Å². The van der Waals surface area contributed by atoms with E-state index in [-0.39, 0.29) is 37.4 Å². The van der Waals surface area contributed by atoms with Crippen LogP contribution >= 0.6 is 0 Å². The second-order valence-electron chi connectivity index (χ2n) is 5.98. The first kappa shape index (κ1) is 17.7. The average molecular weight is 352 g/mol. The highest BCUT2D eigenvalue weighted by atomic mass is 16.5. The van der Waals surface area contributed by atoms with Crippen molar-refractivity contribution in [2.45, 2.75) is 12.8 Å². The van der Waals surface area contributed by atoms with Gasteiger partial charge in [0.05, 0.1) is 17.7 Å². The number of nitrogens with zero attached hydrogens (tertiary/aromatic N) is 1. The van der Waals surface area contributed by atoms with Crippen molar-refractivity contribution in [3.8, 4) is 0 Å². The molecule has 134 valence electrons. The molecule has 1 aliphatic rings. The molecule has 2 aromatic carbocycles. The number of carbonyl (C=O) groups excluding carboxylic acids is 3. The summed E-state index contributed by atoms with van der Waals surface area (Å²) < 4.78 is 4.89. The number of ether oxygens (including phenoxy) is 1. The van der Waals surface area contributed by atoms with Gasteiger partial charge in [-0.15, -0.1) is 0 Å². The average Bonchev–Trinajstić information content (AvgIpc) is 2.91. The molecule has 0 saturated carbocycles. The number of alkyl carbamates (subject to hydrolysis) is 1. The van der Waals surface area contributed by atoms with Crippen LogP contribution in [0.5, 0.6) is 0 Å². The fourth-order valence-electron chi connectivity index (χ4n) is 3.03. The normalized spacial score (nSPS) is 14.1. The molecule has 3 amide bonds. The number of carbonyl (C=O) groups is 3. The minimum Gasteiger partial charge on any atom is -0.450 e. The summed E-state index contributed by atoms with van der Waals surface area (Å²) in [5.41, 5.74) is 1.77. The van der Waals surface area contributed by atoms with Gasteiger partial charge in [0.1, 0.15) is 0 Å². The molecule has 1 heterocycles. The van der Waals surface area contributed by atoms with Crippen molar-refractivity contribution in [1.82, 2.24) is 10.2 Å². The van der Waals surface area contributed by atoms with E-state index in [4.69, 9.17) is 4.74 Å². The van der Waals surface area contributed by atoms with E-state index in [2.05, 4.69) is 5.32 Å². The summed E-state index contributed by atoms with van der Waals surface area (Å²) >= 11 is 0. The smallest absolute Gasteiger partial charge is 0.407 e. The van der Waals surface area contributed by atoms with Crippen LogP contribution in [0.25, 0.3) is 0 Å². The van der Waals surface area contributed by atoms with Crippen molar-refractivity contribution in [2.24, 2.45) is 0 Å². The second-order valence-corrected chi connectivity index (χ2v) is 5.98. The zero-order chi connectivity index (χ0) is 18.5. The zero-order valence-corrected chi connectivity index (χ0v) is 14.5. The largest absolute Gasteiger partial charge is 0.450 e. The minimum absolute atomic E-state index is 0.183. The van der Waals surface area contributed by atoms with Crippen LogP contribution < -0.4 is 5.32 Å². The van der Waals surface area contributed by atoms with E-state index in [0.717, 1.165) is 5.56 Å². The van der Waals surface area contributed by atoms with E-state index in [1.165, 1.54) is 4.90 Å². The Morgan fingerprint density at radius 3 is 2.15 bits per heavy atom. The maximum atomic E-state index is 12.6. The number of benzene rings is 2. The number of amides is 3. The summed E-state index contributed by atoms with van der Waals surface area (Å²) in [4.78, 5) is 38.1. The van der Waals surface area contributed by atoms with Crippen LogP contribution in [0.15, 0.2) is 54.6 Å². The van der Waals surface area contributed by atoms with Gasteiger partial charge in [-0.3, -0.25) is 14.5 Å². The van der Waals surface area contributed by atoms with Crippen LogP contribution in [0.3, 0.4) is 0 Å². The molecular formula is C20H20N2O4. The second kappa shape index (κ2) is 7.82. The molecule has 3 rings (SSSR count). The summed E-state index contributed by atoms with van der Waals surface area (Å²) in [5, 5.41) is 2.70. The predicted octanol–water partition coefficient (Wildman–Crippen LogP) is 2.81. The van der Waals surface area contributed by atoms with Gasteiger partial charge in [0.25, 0.3) is 11.8 Å². The molecule has 0 aromatic heterocycles. The van der Waals surface area contributed by atoms with Crippen LogP contribution in [0, 0.1) is 0 Å². The first-order valence-electron chi connectivity index (χ1n) is 8.52. The Labute approximate surface area is 151 Å². The molecule has 0 spiro atoms. The topological polar surface area (TPSA) is 75.7 Å². The molecular weight excluding hydrogens is 332 g/mol. The number of hydrogen-bond acceptors (Lipinski definition) is 4. The van der Waals surface area contributed by atoms with E-state index in [0.29, 0.717) is 11.1 Å². The summed E-state index contributed by atoms with van der Waals surface area (Å²) in [5.74, 6) is -0.840. The Kier molecular flexibility index (Phi) is 5.31. The van der Waals surface area contributed by atoms with E-state index >= 15 is 0 Å². The highest BCUT2D eigenvalue weighted by Crippen LogP contribution is 2.26. The van der Waals surface area contributed by atoms with Gasteiger partial charge in [-0.2, -0.15) is 0 Å². The molecule has 1 unspecified atom stereocenters. The molecule has 0 saturated heterocycles. The standard InChI is InChI=1S/C20H20N2O4/c1-2-26-20(25)21-12-15(14-8-4-3-5-9-14)13-22-18(23)16-10-6-7-11-17(16)19(22)24/h3-11,15H,2,12-13H2,1H3,(H,21,25). The van der Waals surface area contributed by atoms with Gasteiger partial charge in [0, 0.05) is 19.0 Å². The maximum absolute atomic E-state index is 12.6. The Balaban J connectivity index is 1.79. The third-order valence-electron chi connectivity index (χ3n) is 4.32. The third-order valence-corrected chi connectivity index (χ3v) is 4.32. The van der Waals surface area contributed by atoms with Crippen LogP contribution in [0.2, 0.25) is 0 Å². The molecule has 0 fully saturated rings. The molecule has 1 atom stereocenters. The predicted molar refractivity (Wildman–Crippen MR) is 96.0 cm³/mol. The maximum Gasteiger partial charge on any atom is 0.407 e. The van der Waals surface area contributed by atoms with Crippen LogP contribution in [-0.4, -0.2) is 42.5 Å². The first-order valence-corrected chi connectivity index (χ1v) is 8.52. The lowest BCUT2D eigenvalue weighted by atomic mass is 9.98. The highest BCUT2D eigenvalue weighted by molar-refractivity contribution is 6.21. The van der Waals surface area contributed by atoms with Crippen LogP contribution in [0.1, 0.15) is 39.1 Å². The number of fused-ring (bicyclic) bond motifs is 1. The molecule has 0 bridgehead atoms. The zero-order valence-electron chi connectivity index (χ0n) is 14.5. The molecule has 6 heteroatoms. The van der Waals surface area contributed by atoms with Crippen molar-refractivity contribution in [3.63, 3.8) is 0 Å². The molecule has 0 aliphatic carbocycles. The summed E-state index contributed by atoms with van der Waals surface area (Å²) in [6.07, 6.45) is -0.518. The van der Waals surface area contributed by atoms with Crippen molar-refractivity contribution >= 4 is 17.9 Å². The Morgan fingerprint density at radius 1 is 1.00 bits per heavy atom. The first-order chi connectivity index (χ1) is 12.6. The van der Waals surface area contributed by atoms with Crippen molar-refractivity contribution < 1.29 is 19.1 Å². The molecule has 1 aliphatic heterocycles. The number of nitrogens with one attached hydrogen (secondary N) is 1. The van der Waals surface area contributed by atoms with Gasteiger partial charge in [0.15, 0.2) is 0 Å². The SMILES string of the molecule is CCOC(=O)NCC(CN1C(=O)c2ccccc2C1=O)c1ccccc1. The van der Waals surface area contributed by atoms with Gasteiger partial charge >= 0.3 is 6.09 Å². The van der Waals surface area contributed by atoms with Crippen molar-refractivity contribution in [2.75, 3.05) is 19.7 Å². The summed E-state index contributed by atoms with van der Waals surface area (Å²) in [7, 11) is 0. The third kappa shape index (κ3) is 3.59. The Morgan fingerprint density at radius 2 is 1.58 bits per heavy atom. The summed E-state index contributed by atoms with van der Waals surface area (Å²) in [6.45, 7) is 2.45. The lowest BCUT2D eigenvalue weighted by Gasteiger charge is -2.23. The van der Waals surface area contributed by atoms with Crippen LogP contribution in [0.4, 0.5) is 4.79 Å².